The van der Waals surface area contributed by atoms with Gasteiger partial charge in [-0.3, -0.25) is 4.55 Å². The molecule has 13 nitrogen and oxygen atoms in total. The van der Waals surface area contributed by atoms with E-state index in [1.54, 1.807) is 6.92 Å². The summed E-state index contributed by atoms with van der Waals surface area (Å²) in [5.41, 5.74) is 6.14. The Morgan fingerprint density at radius 1 is 0.744 bits per heavy atom. The van der Waals surface area contributed by atoms with Crippen molar-refractivity contribution in [2.45, 2.75) is 21.6 Å². The van der Waals surface area contributed by atoms with Crippen LogP contribution in [0.1, 0.15) is 5.56 Å². The van der Waals surface area contributed by atoms with Crippen LogP contribution in [-0.2, 0) is 29.8 Å². The van der Waals surface area contributed by atoms with E-state index in [-0.39, 0.29) is 43.3 Å². The number of azo groups is 2. The van der Waals surface area contributed by atoms with Gasteiger partial charge in [-0.25, -0.2) is 16.8 Å². The molecule has 16 heteroatoms. The first-order valence-corrected chi connectivity index (χ1v) is 16.5. The first-order valence-electron chi connectivity index (χ1n) is 11.9. The predicted octanol–water partition coefficient (Wildman–Crippen LogP) is 6.35. The number of fused-ring (bicyclic) bond motifs is 1. The van der Waals surface area contributed by atoms with Gasteiger partial charge in [-0.1, -0.05) is 19.2 Å². The van der Waals surface area contributed by atoms with Gasteiger partial charge in [0.05, 0.1) is 32.2 Å². The van der Waals surface area contributed by atoms with Gasteiger partial charge in [0.25, 0.3) is 10.1 Å². The summed E-state index contributed by atoms with van der Waals surface area (Å²) >= 11 is 0. The molecule has 0 aliphatic carbocycles. The minimum atomic E-state index is -4.87. The van der Waals surface area contributed by atoms with Crippen LogP contribution in [0, 0.1) is 6.92 Å². The summed E-state index contributed by atoms with van der Waals surface area (Å²) in [6, 6.07) is 13.1. The number of hydrogen-bond donors (Lipinski definition) is 3. The second-order valence-corrected chi connectivity index (χ2v) is 14.1. The van der Waals surface area contributed by atoms with E-state index in [9.17, 15) is 34.9 Å². The fourth-order valence-electron chi connectivity index (χ4n) is 3.87. The predicted molar refractivity (Wildman–Crippen MR) is 161 cm³/mol. The van der Waals surface area contributed by atoms with Gasteiger partial charge in [0.2, 0.25) is 0 Å². The summed E-state index contributed by atoms with van der Waals surface area (Å²) in [7, 11) is -12.2. The SMILES string of the molecule is C=CS(=O)(=O)c1ccc(/N=N/c2ccc3cc(S(=O)(=O)O)c(/N=N/c4ccc(S(=O)(=O)C=C)cc4C)c(N)c3c2O)cc1. The van der Waals surface area contributed by atoms with Crippen LogP contribution < -0.4 is 5.73 Å². The van der Waals surface area contributed by atoms with Crippen molar-refractivity contribution in [1.29, 1.82) is 0 Å². The summed E-state index contributed by atoms with van der Waals surface area (Å²) < 4.78 is 82.2. The van der Waals surface area contributed by atoms with Crippen LogP contribution in [-0.4, -0.2) is 34.9 Å². The van der Waals surface area contributed by atoms with Crippen molar-refractivity contribution < 1.29 is 34.9 Å². The fourth-order valence-corrected chi connectivity index (χ4v) is 6.04. The molecule has 4 N–H and O–H groups in total. The number of rotatable bonds is 9. The Morgan fingerprint density at radius 2 is 1.30 bits per heavy atom. The number of nitrogens with zero attached hydrogens (tertiary/aromatic N) is 4. The highest BCUT2D eigenvalue weighted by Gasteiger charge is 2.23. The second kappa shape index (κ2) is 11.5. The molecule has 0 fully saturated rings. The molecule has 0 heterocycles. The third-order valence-corrected chi connectivity index (χ3v) is 9.73. The molecular weight excluding hydrogens is 619 g/mol. The molecule has 4 aromatic rings. The Hall–Kier alpha value is -4.77. The van der Waals surface area contributed by atoms with Gasteiger partial charge >= 0.3 is 0 Å². The van der Waals surface area contributed by atoms with Crippen molar-refractivity contribution in [1.82, 2.24) is 0 Å². The molecule has 0 aliphatic heterocycles. The molecule has 0 spiro atoms. The minimum Gasteiger partial charge on any atom is -0.505 e. The number of phenols is 1. The van der Waals surface area contributed by atoms with E-state index in [1.165, 1.54) is 54.6 Å². The highest BCUT2D eigenvalue weighted by molar-refractivity contribution is 7.94. The third kappa shape index (κ3) is 6.36. The lowest BCUT2D eigenvalue weighted by Crippen LogP contribution is -2.01. The summed E-state index contributed by atoms with van der Waals surface area (Å²) in [6.07, 6.45) is 0. The lowest BCUT2D eigenvalue weighted by Gasteiger charge is -2.12. The molecule has 0 aromatic heterocycles. The van der Waals surface area contributed by atoms with Crippen LogP contribution in [0.25, 0.3) is 10.8 Å². The average molecular weight is 642 g/mol. The number of aromatic hydroxyl groups is 1. The van der Waals surface area contributed by atoms with Gasteiger partial charge in [-0.05, 0) is 72.5 Å². The van der Waals surface area contributed by atoms with Gasteiger partial charge in [-0.2, -0.15) is 18.6 Å². The number of sulfone groups is 2. The Kier molecular flexibility index (Phi) is 8.33. The van der Waals surface area contributed by atoms with Crippen molar-refractivity contribution in [3.8, 4) is 5.75 Å². The maximum absolute atomic E-state index is 12.2. The van der Waals surface area contributed by atoms with Gasteiger partial charge in [-0.15, -0.1) is 10.2 Å². The van der Waals surface area contributed by atoms with Crippen LogP contribution >= 0.6 is 0 Å². The summed E-state index contributed by atoms with van der Waals surface area (Å²) in [6.45, 7) is 8.10. The fraction of sp³-hybridized carbons (Fsp3) is 0.0370. The smallest absolute Gasteiger partial charge is 0.296 e. The van der Waals surface area contributed by atoms with Crippen LogP contribution in [0.15, 0.2) is 120 Å². The van der Waals surface area contributed by atoms with Crippen molar-refractivity contribution in [3.05, 3.63) is 90.2 Å². The first kappa shape index (κ1) is 31.2. The lowest BCUT2D eigenvalue weighted by molar-refractivity contribution is 0.481. The lowest BCUT2D eigenvalue weighted by atomic mass is 10.1. The summed E-state index contributed by atoms with van der Waals surface area (Å²) in [4.78, 5) is -0.715. The molecule has 4 rings (SSSR count). The molecule has 0 radical (unpaired) electrons. The van der Waals surface area contributed by atoms with Gasteiger partial charge in [0.15, 0.2) is 25.4 Å². The van der Waals surface area contributed by atoms with Crippen molar-refractivity contribution in [2.24, 2.45) is 20.5 Å². The Morgan fingerprint density at radius 3 is 1.88 bits per heavy atom. The summed E-state index contributed by atoms with van der Waals surface area (Å²) in [5, 5.41) is 28.6. The normalized spacial score (nSPS) is 12.7. The molecule has 0 atom stereocenters. The quantitative estimate of drug-likeness (QED) is 0.105. The number of anilines is 1. The highest BCUT2D eigenvalue weighted by Crippen LogP contribution is 2.45. The Labute approximate surface area is 247 Å². The Bertz CT molecular complexity index is 2190. The molecule has 0 aliphatic rings. The summed E-state index contributed by atoms with van der Waals surface area (Å²) in [5.74, 6) is -0.488. The van der Waals surface area contributed by atoms with Crippen LogP contribution in [0.3, 0.4) is 0 Å². The topological polar surface area (TPSA) is 218 Å². The maximum Gasteiger partial charge on any atom is 0.296 e. The molecule has 222 valence electrons. The largest absolute Gasteiger partial charge is 0.505 e. The van der Waals surface area contributed by atoms with E-state index < -0.39 is 46.1 Å². The second-order valence-electron chi connectivity index (χ2n) is 8.91. The first-order chi connectivity index (χ1) is 20.1. The van der Waals surface area contributed by atoms with Crippen LogP contribution in [0.2, 0.25) is 0 Å². The van der Waals surface area contributed by atoms with Crippen molar-refractivity contribution in [2.75, 3.05) is 5.73 Å². The number of nitrogens with two attached hydrogens (primary N) is 1. The van der Waals surface area contributed by atoms with E-state index in [0.29, 0.717) is 5.56 Å². The van der Waals surface area contributed by atoms with E-state index in [4.69, 9.17) is 5.73 Å². The molecule has 43 heavy (non-hydrogen) atoms. The molecule has 0 amide bonds. The van der Waals surface area contributed by atoms with E-state index in [0.717, 1.165) is 16.9 Å². The van der Waals surface area contributed by atoms with Crippen molar-refractivity contribution in [3.63, 3.8) is 0 Å². The van der Waals surface area contributed by atoms with E-state index >= 15 is 0 Å². The standard InChI is InChI=1S/C27H23N5O8S3/c1-4-41(34,35)19-9-7-18(8-10-19)29-31-22-12-6-17-15-23(43(38,39)40)26(25(28)24(17)27(22)33)32-30-21-13-11-20(14-16(21)3)42(36,37)5-2/h4-15,33H,1-2,28H2,3H3,(H,38,39,40)/b31-29+,32-30+. The number of aryl methyl sites for hydroxylation is 1. The number of phenolic OH excluding ortho intramolecular Hbond substituents is 1. The highest BCUT2D eigenvalue weighted by atomic mass is 32.2. The molecule has 4 aromatic carbocycles. The average Bonchev–Trinajstić information content (AvgIpc) is 2.96. The van der Waals surface area contributed by atoms with Gasteiger partial charge in [0, 0.05) is 10.8 Å². The number of hydrogen-bond acceptors (Lipinski definition) is 12. The maximum atomic E-state index is 12.2. The van der Waals surface area contributed by atoms with E-state index in [1.807, 2.05) is 0 Å². The van der Waals surface area contributed by atoms with Crippen LogP contribution in [0.5, 0.6) is 5.75 Å². The Balaban J connectivity index is 1.80. The molecule has 0 saturated heterocycles. The van der Waals surface area contributed by atoms with Gasteiger partial charge < -0.3 is 10.8 Å². The molecule has 0 bridgehead atoms. The minimum absolute atomic E-state index is 0.00652. The third-order valence-electron chi connectivity index (χ3n) is 6.14. The zero-order valence-electron chi connectivity index (χ0n) is 22.3. The van der Waals surface area contributed by atoms with Crippen LogP contribution in [0.4, 0.5) is 28.4 Å². The number of benzene rings is 4. The van der Waals surface area contributed by atoms with E-state index in [2.05, 4.69) is 33.6 Å². The molecule has 0 unspecified atom stereocenters. The molecule has 0 saturated carbocycles. The zero-order chi connectivity index (χ0) is 31.7. The molecular formula is C27H23N5O8S3. The monoisotopic (exact) mass is 641 g/mol. The zero-order valence-corrected chi connectivity index (χ0v) is 24.7. The number of nitrogen functional groups attached to an aromatic ring is 1. The van der Waals surface area contributed by atoms with Gasteiger partial charge in [0.1, 0.15) is 16.3 Å². The van der Waals surface area contributed by atoms with Crippen molar-refractivity contribution >= 4 is 69.0 Å².